The molecule has 1 saturated heterocycles. The summed E-state index contributed by atoms with van der Waals surface area (Å²) in [5, 5.41) is 7.41. The van der Waals surface area contributed by atoms with Crippen LogP contribution in [0.1, 0.15) is 26.7 Å². The molecule has 2 rings (SSSR count). The number of piperidine rings is 1. The summed E-state index contributed by atoms with van der Waals surface area (Å²) < 4.78 is 1.87. The first-order chi connectivity index (χ1) is 9.16. The Morgan fingerprint density at radius 3 is 2.84 bits per heavy atom. The minimum Gasteiger partial charge on any atom is -0.341 e. The normalized spacial score (nSPS) is 18.5. The fraction of sp³-hybridized carbons (Fsp3) is 0.714. The molecule has 0 aromatic carbocycles. The van der Waals surface area contributed by atoms with Crippen LogP contribution >= 0.6 is 0 Å². The molecule has 0 radical (unpaired) electrons. The Morgan fingerprint density at radius 2 is 2.21 bits per heavy atom. The van der Waals surface area contributed by atoms with Gasteiger partial charge in [-0.05, 0) is 31.7 Å². The number of nitrogens with zero attached hydrogens (tertiary/aromatic N) is 3. The summed E-state index contributed by atoms with van der Waals surface area (Å²) in [4.78, 5) is 14.2. The largest absolute Gasteiger partial charge is 0.341 e. The molecule has 0 saturated carbocycles. The average molecular weight is 264 g/mol. The highest BCUT2D eigenvalue weighted by Gasteiger charge is 2.23. The molecule has 1 aromatic rings. The van der Waals surface area contributed by atoms with Crippen molar-refractivity contribution in [2.75, 3.05) is 19.6 Å². The van der Waals surface area contributed by atoms with Crippen molar-refractivity contribution < 1.29 is 4.79 Å². The minimum atomic E-state index is -0.107. The van der Waals surface area contributed by atoms with Gasteiger partial charge in [-0.3, -0.25) is 9.48 Å². The molecule has 1 aliphatic heterocycles. The Morgan fingerprint density at radius 1 is 1.47 bits per heavy atom. The van der Waals surface area contributed by atoms with E-state index in [9.17, 15) is 4.79 Å². The standard InChI is InChI=1S/C14H24N4O/c1-12-4-9-17(10-5-12)14(19)13(2)15-7-11-18-8-3-6-16-18/h3,6,8,12-13,15H,4-5,7,9-11H2,1-2H3/t13-/m1/s1. The van der Waals surface area contributed by atoms with Gasteiger partial charge in [0.25, 0.3) is 0 Å². The number of carbonyl (C=O) groups excluding carboxylic acids is 1. The molecule has 1 atom stereocenters. The monoisotopic (exact) mass is 264 g/mol. The zero-order valence-electron chi connectivity index (χ0n) is 11.9. The van der Waals surface area contributed by atoms with E-state index in [2.05, 4.69) is 17.3 Å². The van der Waals surface area contributed by atoms with E-state index < -0.39 is 0 Å². The highest BCUT2D eigenvalue weighted by molar-refractivity contribution is 5.81. The van der Waals surface area contributed by atoms with Crippen LogP contribution in [0.4, 0.5) is 0 Å². The lowest BCUT2D eigenvalue weighted by Gasteiger charge is -2.32. The van der Waals surface area contributed by atoms with Crippen LogP contribution in [0.25, 0.3) is 0 Å². The molecule has 1 aromatic heterocycles. The summed E-state index contributed by atoms with van der Waals surface area (Å²) in [6.45, 7) is 7.58. The maximum atomic E-state index is 12.2. The summed E-state index contributed by atoms with van der Waals surface area (Å²) in [6.07, 6.45) is 5.96. The summed E-state index contributed by atoms with van der Waals surface area (Å²) in [7, 11) is 0. The average Bonchev–Trinajstić information content (AvgIpc) is 2.92. The first kappa shape index (κ1) is 14.1. The van der Waals surface area contributed by atoms with Crippen molar-refractivity contribution in [3.8, 4) is 0 Å². The number of hydrogen-bond donors (Lipinski definition) is 1. The SMILES string of the molecule is CC1CCN(C(=O)[C@@H](C)NCCn2cccn2)CC1. The molecule has 0 aliphatic carbocycles. The first-order valence-electron chi connectivity index (χ1n) is 7.16. The lowest BCUT2D eigenvalue weighted by molar-refractivity contribution is -0.134. The second kappa shape index (κ2) is 6.70. The molecule has 5 nitrogen and oxygen atoms in total. The van der Waals surface area contributed by atoms with E-state index in [1.54, 1.807) is 6.20 Å². The Hall–Kier alpha value is -1.36. The Kier molecular flexibility index (Phi) is 4.96. The minimum absolute atomic E-state index is 0.107. The maximum Gasteiger partial charge on any atom is 0.239 e. The first-order valence-corrected chi connectivity index (χ1v) is 7.16. The van der Waals surface area contributed by atoms with E-state index in [0.717, 1.165) is 44.9 Å². The molecule has 106 valence electrons. The number of amides is 1. The predicted octanol–water partition coefficient (Wildman–Crippen LogP) is 1.12. The molecule has 1 amide bonds. The predicted molar refractivity (Wildman–Crippen MR) is 74.7 cm³/mol. The molecule has 1 fully saturated rings. The lowest BCUT2D eigenvalue weighted by atomic mass is 9.99. The van der Waals surface area contributed by atoms with E-state index in [4.69, 9.17) is 0 Å². The number of nitrogens with one attached hydrogen (secondary N) is 1. The zero-order valence-corrected chi connectivity index (χ0v) is 11.9. The van der Waals surface area contributed by atoms with Gasteiger partial charge in [0, 0.05) is 32.0 Å². The fourth-order valence-electron chi connectivity index (χ4n) is 2.42. The highest BCUT2D eigenvalue weighted by Crippen LogP contribution is 2.16. The van der Waals surface area contributed by atoms with Gasteiger partial charge < -0.3 is 10.2 Å². The van der Waals surface area contributed by atoms with Gasteiger partial charge in [-0.25, -0.2) is 0 Å². The van der Waals surface area contributed by atoms with Crippen LogP contribution in [0.5, 0.6) is 0 Å². The van der Waals surface area contributed by atoms with Crippen LogP contribution in [0.2, 0.25) is 0 Å². The summed E-state index contributed by atoms with van der Waals surface area (Å²) in [5.41, 5.74) is 0. The van der Waals surface area contributed by atoms with E-state index in [1.807, 2.05) is 28.8 Å². The van der Waals surface area contributed by atoms with Crippen LogP contribution in [0, 0.1) is 5.92 Å². The van der Waals surface area contributed by atoms with Crippen molar-refractivity contribution >= 4 is 5.91 Å². The molecular weight excluding hydrogens is 240 g/mol. The van der Waals surface area contributed by atoms with Crippen molar-refractivity contribution in [1.82, 2.24) is 20.0 Å². The Labute approximate surface area is 115 Å². The number of likely N-dealkylation sites (tertiary alicyclic amines) is 1. The van der Waals surface area contributed by atoms with Gasteiger partial charge in [0.05, 0.1) is 12.6 Å². The number of rotatable bonds is 5. The quantitative estimate of drug-likeness (QED) is 0.867. The van der Waals surface area contributed by atoms with Crippen molar-refractivity contribution in [3.63, 3.8) is 0 Å². The van der Waals surface area contributed by atoms with Gasteiger partial charge in [-0.15, -0.1) is 0 Å². The highest BCUT2D eigenvalue weighted by atomic mass is 16.2. The van der Waals surface area contributed by atoms with Gasteiger partial charge >= 0.3 is 0 Å². The van der Waals surface area contributed by atoms with Crippen LogP contribution in [0.15, 0.2) is 18.5 Å². The molecule has 1 N–H and O–H groups in total. The molecule has 2 heterocycles. The smallest absolute Gasteiger partial charge is 0.239 e. The van der Waals surface area contributed by atoms with Gasteiger partial charge in [-0.1, -0.05) is 6.92 Å². The van der Waals surface area contributed by atoms with E-state index >= 15 is 0 Å². The lowest BCUT2D eigenvalue weighted by Crippen LogP contribution is -2.48. The molecule has 19 heavy (non-hydrogen) atoms. The summed E-state index contributed by atoms with van der Waals surface area (Å²) in [6, 6.07) is 1.80. The molecule has 0 bridgehead atoms. The van der Waals surface area contributed by atoms with E-state index in [0.29, 0.717) is 0 Å². The molecular formula is C14H24N4O. The van der Waals surface area contributed by atoms with Crippen LogP contribution in [-0.2, 0) is 11.3 Å². The van der Waals surface area contributed by atoms with E-state index in [1.165, 1.54) is 0 Å². The second-order valence-corrected chi connectivity index (χ2v) is 5.45. The van der Waals surface area contributed by atoms with Gasteiger partial charge in [0.15, 0.2) is 0 Å². The number of aromatic nitrogens is 2. The third-order valence-corrected chi connectivity index (χ3v) is 3.82. The van der Waals surface area contributed by atoms with Crippen molar-refractivity contribution in [1.29, 1.82) is 0 Å². The summed E-state index contributed by atoms with van der Waals surface area (Å²) in [5.74, 6) is 0.986. The van der Waals surface area contributed by atoms with Crippen LogP contribution < -0.4 is 5.32 Å². The molecule has 1 aliphatic rings. The van der Waals surface area contributed by atoms with E-state index in [-0.39, 0.29) is 11.9 Å². The molecule has 5 heteroatoms. The second-order valence-electron chi connectivity index (χ2n) is 5.45. The number of hydrogen-bond acceptors (Lipinski definition) is 3. The van der Waals surface area contributed by atoms with Crippen LogP contribution in [-0.4, -0.2) is 46.3 Å². The Bertz CT molecular complexity index is 382. The third kappa shape index (κ3) is 4.06. The number of carbonyl (C=O) groups is 1. The van der Waals surface area contributed by atoms with Crippen molar-refractivity contribution in [2.45, 2.75) is 39.3 Å². The van der Waals surface area contributed by atoms with Gasteiger partial charge in [0.1, 0.15) is 0 Å². The third-order valence-electron chi connectivity index (χ3n) is 3.82. The molecule has 0 unspecified atom stereocenters. The fourth-order valence-corrected chi connectivity index (χ4v) is 2.42. The maximum absolute atomic E-state index is 12.2. The van der Waals surface area contributed by atoms with Crippen molar-refractivity contribution in [3.05, 3.63) is 18.5 Å². The topological polar surface area (TPSA) is 50.2 Å². The molecule has 0 spiro atoms. The van der Waals surface area contributed by atoms with Gasteiger partial charge in [0.2, 0.25) is 5.91 Å². The van der Waals surface area contributed by atoms with Crippen LogP contribution in [0.3, 0.4) is 0 Å². The van der Waals surface area contributed by atoms with Crippen molar-refractivity contribution in [2.24, 2.45) is 5.92 Å². The van der Waals surface area contributed by atoms with Gasteiger partial charge in [-0.2, -0.15) is 5.10 Å². The summed E-state index contributed by atoms with van der Waals surface area (Å²) >= 11 is 0. The Balaban J connectivity index is 1.70. The zero-order chi connectivity index (χ0) is 13.7.